The van der Waals surface area contributed by atoms with Gasteiger partial charge in [-0.3, -0.25) is 19.1 Å². The number of carbonyl (C=O) groups excluding carboxylic acids is 3. The smallest absolute Gasteiger partial charge is 0.248 e. The van der Waals surface area contributed by atoms with Crippen molar-refractivity contribution < 1.29 is 18.8 Å². The number of ketones is 1. The third kappa shape index (κ3) is 5.74. The van der Waals surface area contributed by atoms with Crippen molar-refractivity contribution in [2.45, 2.75) is 53.4 Å². The first-order valence-electron chi connectivity index (χ1n) is 13.2. The average Bonchev–Trinajstić information content (AvgIpc) is 3.52. The molecule has 41 heavy (non-hydrogen) atoms. The van der Waals surface area contributed by atoms with E-state index >= 15 is 0 Å². The molecule has 1 aliphatic heterocycles. The maximum atomic E-state index is 13.7. The predicted octanol–water partition coefficient (Wildman–Crippen LogP) is 4.82. The first-order chi connectivity index (χ1) is 19.5. The summed E-state index contributed by atoms with van der Waals surface area (Å²) in [7, 11) is 0. The molecule has 0 saturated carbocycles. The highest BCUT2D eigenvalue weighted by Gasteiger charge is 2.38. The molecule has 1 fully saturated rings. The van der Waals surface area contributed by atoms with Gasteiger partial charge in [-0.1, -0.05) is 13.0 Å². The highest BCUT2D eigenvalue weighted by Crippen LogP contribution is 2.31. The first-order valence-corrected chi connectivity index (χ1v) is 14.0. The number of hydrogen-bond acceptors (Lipinski definition) is 7. The lowest BCUT2D eigenvalue weighted by Gasteiger charge is -2.24. The molecule has 0 bridgehead atoms. The number of likely N-dealkylation sites (tertiary alicyclic amines) is 1. The van der Waals surface area contributed by atoms with Crippen LogP contribution in [0.15, 0.2) is 41.3 Å². The summed E-state index contributed by atoms with van der Waals surface area (Å²) in [6.07, 6.45) is 3.60. The minimum atomic E-state index is -0.757. The summed E-state index contributed by atoms with van der Waals surface area (Å²) in [6.45, 7) is 6.69. The number of fused-ring (bicyclic) bond motifs is 1. The van der Waals surface area contributed by atoms with Crippen LogP contribution in [0.3, 0.4) is 0 Å². The minimum absolute atomic E-state index is 0.0913. The Labute approximate surface area is 244 Å². The van der Waals surface area contributed by atoms with E-state index in [1.807, 2.05) is 39.0 Å². The van der Waals surface area contributed by atoms with Crippen LogP contribution in [-0.2, 0) is 22.8 Å². The van der Waals surface area contributed by atoms with Crippen molar-refractivity contribution in [3.05, 3.63) is 63.9 Å². The molecule has 1 saturated heterocycles. The number of Topliss-reactive ketones (excluding diaryl/α,β-unsaturated/α-hetero) is 1. The second-order valence-electron chi connectivity index (χ2n) is 10.5. The first kappa shape index (κ1) is 28.5. The molecule has 1 N–H and O–H groups in total. The van der Waals surface area contributed by atoms with Crippen molar-refractivity contribution in [3.63, 3.8) is 0 Å². The molecular weight excluding hydrogens is 593 g/mol. The maximum Gasteiger partial charge on any atom is 0.248 e. The Balaban J connectivity index is 1.44. The van der Waals surface area contributed by atoms with Crippen molar-refractivity contribution in [1.29, 1.82) is 0 Å². The van der Waals surface area contributed by atoms with Crippen molar-refractivity contribution in [2.75, 3.05) is 11.9 Å². The molecule has 5 rings (SSSR count). The number of halogens is 2. The zero-order chi connectivity index (χ0) is 29.4. The molecule has 2 unspecified atom stereocenters. The summed E-state index contributed by atoms with van der Waals surface area (Å²) in [5.74, 6) is -0.153. The lowest BCUT2D eigenvalue weighted by atomic mass is 10.0. The van der Waals surface area contributed by atoms with Gasteiger partial charge in [0, 0.05) is 36.8 Å². The van der Waals surface area contributed by atoms with E-state index in [-0.39, 0.29) is 41.6 Å². The Bertz CT molecular complexity index is 1670. The second kappa shape index (κ2) is 11.4. The van der Waals surface area contributed by atoms with E-state index in [0.29, 0.717) is 39.9 Å². The van der Waals surface area contributed by atoms with Crippen molar-refractivity contribution in [3.8, 4) is 11.1 Å². The van der Waals surface area contributed by atoms with Gasteiger partial charge in [-0.25, -0.2) is 19.3 Å². The summed E-state index contributed by atoms with van der Waals surface area (Å²) in [5, 5.41) is 7.99. The summed E-state index contributed by atoms with van der Waals surface area (Å²) in [4.78, 5) is 53.5. The average molecular weight is 622 g/mol. The normalized spacial score (nSPS) is 16.8. The second-order valence-corrected chi connectivity index (χ2v) is 11.3. The molecule has 10 nitrogen and oxygen atoms in total. The Morgan fingerprint density at radius 1 is 1.10 bits per heavy atom. The van der Waals surface area contributed by atoms with Gasteiger partial charge in [0.2, 0.25) is 11.8 Å². The van der Waals surface area contributed by atoms with Crippen molar-refractivity contribution in [2.24, 2.45) is 5.92 Å². The SMILES string of the molecule is CC(=O)c1nn(CC(=O)N2CC(C)CC2C(=O)Nc2nc(Br)ccc2C)c2c(C)cc(-c3cnc(CF)nc3)cc12. The zero-order valence-electron chi connectivity index (χ0n) is 23.1. The topological polar surface area (TPSA) is 123 Å². The molecule has 4 aromatic rings. The van der Waals surface area contributed by atoms with Crippen molar-refractivity contribution >= 4 is 50.2 Å². The predicted molar refractivity (Wildman–Crippen MR) is 155 cm³/mol. The Morgan fingerprint density at radius 2 is 1.83 bits per heavy atom. The number of anilines is 1. The highest BCUT2D eigenvalue weighted by molar-refractivity contribution is 9.10. The molecule has 1 aromatic carbocycles. The molecular formula is C29H29BrFN7O3. The molecule has 4 heterocycles. The van der Waals surface area contributed by atoms with Gasteiger partial charge in [-0.2, -0.15) is 5.10 Å². The number of pyridine rings is 1. The van der Waals surface area contributed by atoms with E-state index in [9.17, 15) is 18.8 Å². The number of rotatable bonds is 7. The largest absolute Gasteiger partial charge is 0.329 e. The molecule has 212 valence electrons. The van der Waals surface area contributed by atoms with E-state index in [1.54, 1.807) is 11.0 Å². The lowest BCUT2D eigenvalue weighted by molar-refractivity contribution is -0.137. The van der Waals surface area contributed by atoms with Crippen LogP contribution in [0.2, 0.25) is 0 Å². The summed E-state index contributed by atoms with van der Waals surface area (Å²) >= 11 is 3.33. The molecule has 12 heteroatoms. The highest BCUT2D eigenvalue weighted by atomic mass is 79.9. The molecule has 3 aromatic heterocycles. The third-order valence-electron chi connectivity index (χ3n) is 7.25. The van der Waals surface area contributed by atoms with Crippen LogP contribution < -0.4 is 5.32 Å². The quantitative estimate of drug-likeness (QED) is 0.232. The monoisotopic (exact) mass is 621 g/mol. The van der Waals surface area contributed by atoms with Crippen LogP contribution in [0, 0.1) is 19.8 Å². The maximum absolute atomic E-state index is 13.7. The summed E-state index contributed by atoms with van der Waals surface area (Å²) in [6, 6.07) is 6.68. The van der Waals surface area contributed by atoms with Crippen molar-refractivity contribution in [1.82, 2.24) is 29.6 Å². The number of alkyl halides is 1. The van der Waals surface area contributed by atoms with Crippen LogP contribution in [0.5, 0.6) is 0 Å². The minimum Gasteiger partial charge on any atom is -0.329 e. The van der Waals surface area contributed by atoms with Crippen LogP contribution in [0.4, 0.5) is 10.2 Å². The van der Waals surface area contributed by atoms with Gasteiger partial charge in [0.1, 0.15) is 35.4 Å². The van der Waals surface area contributed by atoms with Crippen LogP contribution in [0.25, 0.3) is 22.0 Å². The molecule has 0 spiro atoms. The Kier molecular flexibility index (Phi) is 7.94. The third-order valence-corrected chi connectivity index (χ3v) is 7.69. The van der Waals surface area contributed by atoms with E-state index in [1.165, 1.54) is 24.0 Å². The molecule has 0 aliphatic carbocycles. The number of nitrogens with zero attached hydrogens (tertiary/aromatic N) is 6. The fraction of sp³-hybridized carbons (Fsp3) is 0.345. The van der Waals surface area contributed by atoms with Gasteiger partial charge >= 0.3 is 0 Å². The van der Waals surface area contributed by atoms with Gasteiger partial charge < -0.3 is 10.2 Å². The fourth-order valence-corrected chi connectivity index (χ4v) is 5.57. The molecule has 2 atom stereocenters. The number of benzene rings is 1. The number of carbonyl (C=O) groups is 3. The number of hydrogen-bond donors (Lipinski definition) is 1. The zero-order valence-corrected chi connectivity index (χ0v) is 24.7. The van der Waals surface area contributed by atoms with Gasteiger partial charge in [0.15, 0.2) is 11.6 Å². The number of amides is 2. The molecule has 0 radical (unpaired) electrons. The fourth-order valence-electron chi connectivity index (χ4n) is 5.26. The number of aromatic nitrogens is 5. The van der Waals surface area contributed by atoms with E-state index < -0.39 is 12.7 Å². The summed E-state index contributed by atoms with van der Waals surface area (Å²) < 4.78 is 15.0. The number of nitrogens with one attached hydrogen (secondary N) is 1. The van der Waals surface area contributed by atoms with E-state index in [4.69, 9.17) is 0 Å². The Morgan fingerprint density at radius 3 is 2.51 bits per heavy atom. The van der Waals surface area contributed by atoms with Crippen LogP contribution in [-0.4, -0.2) is 59.8 Å². The lowest BCUT2D eigenvalue weighted by Crippen LogP contribution is -2.44. The van der Waals surface area contributed by atoms with Gasteiger partial charge in [-0.05, 0) is 77.0 Å². The number of aryl methyl sites for hydroxylation is 2. The van der Waals surface area contributed by atoms with Crippen LogP contribution in [0.1, 0.15) is 47.7 Å². The van der Waals surface area contributed by atoms with Gasteiger partial charge in [0.25, 0.3) is 0 Å². The molecule has 1 aliphatic rings. The van der Waals surface area contributed by atoms with E-state index in [2.05, 4.69) is 41.3 Å². The molecule has 2 amide bonds. The standard InChI is InChI=1S/C29H29BrFN7O3/c1-15-7-22(29(41)35-28-16(2)5-6-23(30)34-28)37(13-15)25(40)14-38-27-17(3)8-19(9-21(27)26(36-38)18(4)39)20-11-32-24(10-31)33-12-20/h5-6,8-9,11-12,15,22H,7,10,13-14H2,1-4H3,(H,34,35,41). The van der Waals surface area contributed by atoms with Crippen LogP contribution >= 0.6 is 15.9 Å². The Hall–Kier alpha value is -4.06. The van der Waals surface area contributed by atoms with Gasteiger partial charge in [-0.15, -0.1) is 0 Å². The summed E-state index contributed by atoms with van der Waals surface area (Å²) in [5.41, 5.74) is 3.90. The van der Waals surface area contributed by atoms with Gasteiger partial charge in [0.05, 0.1) is 5.52 Å². The van der Waals surface area contributed by atoms with E-state index in [0.717, 1.165) is 16.7 Å².